The van der Waals surface area contributed by atoms with Gasteiger partial charge in [0.15, 0.2) is 11.5 Å². The van der Waals surface area contributed by atoms with E-state index in [0.717, 1.165) is 23.6 Å². The van der Waals surface area contributed by atoms with Crippen LogP contribution < -0.4 is 5.32 Å². The number of thioether (sulfide) groups is 1. The summed E-state index contributed by atoms with van der Waals surface area (Å²) in [5.41, 5.74) is 1.22. The number of amides is 1. The number of rotatable bonds is 6. The molecule has 0 saturated heterocycles. The maximum atomic E-state index is 12.6. The molecule has 3 aromatic rings. The average Bonchev–Trinajstić information content (AvgIpc) is 3.03. The largest absolute Gasteiger partial charge is 0.342 e. The van der Waals surface area contributed by atoms with Crippen molar-refractivity contribution in [1.29, 1.82) is 0 Å². The summed E-state index contributed by atoms with van der Waals surface area (Å²) in [5.74, 6) is 1.41. The Morgan fingerprint density at radius 1 is 1.25 bits per heavy atom. The van der Waals surface area contributed by atoms with Gasteiger partial charge in [0.05, 0.1) is 16.6 Å². The Kier molecular flexibility index (Phi) is 5.37. The summed E-state index contributed by atoms with van der Waals surface area (Å²) in [7, 11) is 0. The van der Waals surface area contributed by atoms with Crippen LogP contribution in [0.3, 0.4) is 0 Å². The molecular weight excluding hydrogens is 344 g/mol. The number of nitrogens with zero attached hydrogens (tertiary/aromatic N) is 3. The van der Waals surface area contributed by atoms with Gasteiger partial charge in [-0.3, -0.25) is 9.20 Å². The lowest BCUT2D eigenvalue weighted by molar-refractivity contribution is 0.0934. The minimum Gasteiger partial charge on any atom is -0.342 e. The topological polar surface area (TPSA) is 59.3 Å². The number of hydrogen-bond acceptors (Lipinski definition) is 4. The van der Waals surface area contributed by atoms with Crippen LogP contribution in [0.1, 0.15) is 28.6 Å². The number of fused-ring (bicyclic) bond motifs is 1. The van der Waals surface area contributed by atoms with Gasteiger partial charge in [0.2, 0.25) is 0 Å². The number of benzene rings is 1. The molecule has 1 unspecified atom stereocenters. The second kappa shape index (κ2) is 7.68. The molecular formula is C17H17ClN4OS. The first kappa shape index (κ1) is 16.8. The standard InChI is InChI=1S/C17H17ClN4OS/c1-24-11-9-14(16-21-20-15-8-4-5-10-22(15)16)19-17(23)12-6-2-3-7-13(12)18/h2-8,10,14H,9,11H2,1H3,(H,19,23). The van der Waals surface area contributed by atoms with Gasteiger partial charge >= 0.3 is 0 Å². The van der Waals surface area contributed by atoms with Crippen LogP contribution in [-0.2, 0) is 0 Å². The molecule has 7 heteroatoms. The summed E-state index contributed by atoms with van der Waals surface area (Å²) >= 11 is 7.85. The van der Waals surface area contributed by atoms with Gasteiger partial charge in [-0.05, 0) is 42.7 Å². The number of carbonyl (C=O) groups excluding carboxylic acids is 1. The summed E-state index contributed by atoms with van der Waals surface area (Å²) in [5, 5.41) is 11.9. The molecule has 2 aromatic heterocycles. The van der Waals surface area contributed by atoms with Crippen LogP contribution in [0.15, 0.2) is 48.7 Å². The number of hydrogen-bond donors (Lipinski definition) is 1. The fourth-order valence-electron chi connectivity index (χ4n) is 2.48. The Morgan fingerprint density at radius 3 is 2.83 bits per heavy atom. The first-order chi connectivity index (χ1) is 11.7. The quantitative estimate of drug-likeness (QED) is 0.729. The number of carbonyl (C=O) groups is 1. The van der Waals surface area contributed by atoms with Gasteiger partial charge in [0.25, 0.3) is 5.91 Å². The third kappa shape index (κ3) is 3.55. The molecule has 5 nitrogen and oxygen atoms in total. The van der Waals surface area contributed by atoms with Gasteiger partial charge < -0.3 is 5.32 Å². The van der Waals surface area contributed by atoms with Gasteiger partial charge in [0, 0.05) is 6.20 Å². The molecule has 0 spiro atoms. The first-order valence-corrected chi connectivity index (χ1v) is 9.32. The molecule has 0 aliphatic carbocycles. The summed E-state index contributed by atoms with van der Waals surface area (Å²) in [4.78, 5) is 12.6. The van der Waals surface area contributed by atoms with Crippen molar-refractivity contribution in [2.24, 2.45) is 0 Å². The smallest absolute Gasteiger partial charge is 0.253 e. The third-order valence-electron chi connectivity index (χ3n) is 3.69. The zero-order chi connectivity index (χ0) is 16.9. The maximum Gasteiger partial charge on any atom is 0.253 e. The van der Waals surface area contributed by atoms with Gasteiger partial charge in [-0.25, -0.2) is 0 Å². The van der Waals surface area contributed by atoms with E-state index in [1.165, 1.54) is 0 Å². The zero-order valence-electron chi connectivity index (χ0n) is 13.1. The summed E-state index contributed by atoms with van der Waals surface area (Å²) in [6.07, 6.45) is 4.69. The molecule has 0 aliphatic heterocycles. The molecule has 0 fully saturated rings. The van der Waals surface area contributed by atoms with Crippen molar-refractivity contribution in [3.05, 3.63) is 65.1 Å². The molecule has 2 heterocycles. The van der Waals surface area contributed by atoms with Crippen LogP contribution in [0.25, 0.3) is 5.65 Å². The lowest BCUT2D eigenvalue weighted by Gasteiger charge is -2.17. The molecule has 1 N–H and O–H groups in total. The van der Waals surface area contributed by atoms with Crippen molar-refractivity contribution < 1.29 is 4.79 Å². The average molecular weight is 361 g/mol. The van der Waals surface area contributed by atoms with E-state index in [0.29, 0.717) is 10.6 Å². The highest BCUT2D eigenvalue weighted by atomic mass is 35.5. The van der Waals surface area contributed by atoms with E-state index < -0.39 is 0 Å². The minimum atomic E-state index is -0.237. The van der Waals surface area contributed by atoms with Crippen LogP contribution in [0.5, 0.6) is 0 Å². The Hall–Kier alpha value is -2.05. The predicted molar refractivity (Wildman–Crippen MR) is 97.6 cm³/mol. The minimum absolute atomic E-state index is 0.209. The predicted octanol–water partition coefficient (Wildman–Crippen LogP) is 3.61. The van der Waals surface area contributed by atoms with E-state index in [1.54, 1.807) is 36.0 Å². The summed E-state index contributed by atoms with van der Waals surface area (Å²) < 4.78 is 1.90. The number of nitrogens with one attached hydrogen (secondary N) is 1. The highest BCUT2D eigenvalue weighted by Gasteiger charge is 2.21. The van der Waals surface area contributed by atoms with Crippen LogP contribution in [0.4, 0.5) is 0 Å². The molecule has 0 radical (unpaired) electrons. The lowest BCUT2D eigenvalue weighted by Crippen LogP contribution is -2.30. The maximum absolute atomic E-state index is 12.6. The molecule has 1 aromatic carbocycles. The first-order valence-electron chi connectivity index (χ1n) is 7.54. The Labute approximate surface area is 149 Å². The molecule has 124 valence electrons. The molecule has 1 amide bonds. The van der Waals surface area contributed by atoms with Gasteiger partial charge in [0.1, 0.15) is 0 Å². The van der Waals surface area contributed by atoms with Crippen molar-refractivity contribution in [2.75, 3.05) is 12.0 Å². The molecule has 0 aliphatic rings. The fraction of sp³-hybridized carbons (Fsp3) is 0.235. The molecule has 1 atom stereocenters. The monoisotopic (exact) mass is 360 g/mol. The number of aromatic nitrogens is 3. The third-order valence-corrected chi connectivity index (χ3v) is 4.66. The molecule has 0 saturated carbocycles. The van der Waals surface area contributed by atoms with Crippen LogP contribution >= 0.6 is 23.4 Å². The van der Waals surface area contributed by atoms with Gasteiger partial charge in [-0.2, -0.15) is 11.8 Å². The normalized spacial score (nSPS) is 12.2. The van der Waals surface area contributed by atoms with Crippen molar-refractivity contribution in [3.63, 3.8) is 0 Å². The van der Waals surface area contributed by atoms with Crippen molar-refractivity contribution in [2.45, 2.75) is 12.5 Å². The van der Waals surface area contributed by atoms with Crippen molar-refractivity contribution in [3.8, 4) is 0 Å². The van der Waals surface area contributed by atoms with E-state index >= 15 is 0 Å². The van der Waals surface area contributed by atoms with E-state index in [1.807, 2.05) is 35.1 Å². The van der Waals surface area contributed by atoms with E-state index in [4.69, 9.17) is 11.6 Å². The molecule has 3 rings (SSSR count). The van der Waals surface area contributed by atoms with Gasteiger partial charge in [-0.1, -0.05) is 29.8 Å². The van der Waals surface area contributed by atoms with E-state index in [9.17, 15) is 4.79 Å². The van der Waals surface area contributed by atoms with E-state index in [-0.39, 0.29) is 11.9 Å². The highest BCUT2D eigenvalue weighted by Crippen LogP contribution is 2.21. The second-order valence-corrected chi connectivity index (χ2v) is 6.67. The van der Waals surface area contributed by atoms with Crippen LogP contribution in [-0.4, -0.2) is 32.5 Å². The second-order valence-electron chi connectivity index (χ2n) is 5.27. The summed E-state index contributed by atoms with van der Waals surface area (Å²) in [6, 6.07) is 12.5. The molecule has 24 heavy (non-hydrogen) atoms. The Bertz CT molecular complexity index is 851. The Balaban J connectivity index is 1.89. The number of pyridine rings is 1. The Morgan fingerprint density at radius 2 is 2.04 bits per heavy atom. The van der Waals surface area contributed by atoms with Crippen molar-refractivity contribution in [1.82, 2.24) is 19.9 Å². The lowest BCUT2D eigenvalue weighted by atomic mass is 10.1. The van der Waals surface area contributed by atoms with E-state index in [2.05, 4.69) is 15.5 Å². The number of halogens is 1. The van der Waals surface area contributed by atoms with Crippen LogP contribution in [0.2, 0.25) is 5.02 Å². The van der Waals surface area contributed by atoms with Crippen LogP contribution in [0, 0.1) is 0 Å². The highest BCUT2D eigenvalue weighted by molar-refractivity contribution is 7.98. The van der Waals surface area contributed by atoms with Gasteiger partial charge in [-0.15, -0.1) is 10.2 Å². The SMILES string of the molecule is CSCCC(NC(=O)c1ccccc1Cl)c1nnc2ccccn12. The fourth-order valence-corrected chi connectivity index (χ4v) is 3.17. The molecule has 0 bridgehead atoms. The van der Waals surface area contributed by atoms with Crippen molar-refractivity contribution >= 4 is 34.9 Å². The summed E-state index contributed by atoms with van der Waals surface area (Å²) in [6.45, 7) is 0. The zero-order valence-corrected chi connectivity index (χ0v) is 14.7.